The van der Waals surface area contributed by atoms with Crippen LogP contribution < -0.4 is 15.0 Å². The maximum absolute atomic E-state index is 12.4. The fourth-order valence-corrected chi connectivity index (χ4v) is 2.90. The Morgan fingerprint density at radius 2 is 2.16 bits per heavy atom. The number of ether oxygens (including phenoxy) is 1. The van der Waals surface area contributed by atoms with Crippen molar-refractivity contribution in [1.82, 2.24) is 5.32 Å². The zero-order chi connectivity index (χ0) is 13.4. The van der Waals surface area contributed by atoms with Gasteiger partial charge in [-0.15, -0.1) is 0 Å². The van der Waals surface area contributed by atoms with Crippen LogP contribution in [0.1, 0.15) is 19.3 Å². The number of halogens is 1. The van der Waals surface area contributed by atoms with Crippen molar-refractivity contribution in [3.63, 3.8) is 0 Å². The second kappa shape index (κ2) is 5.13. The molecule has 1 heterocycles. The number of carbonyl (C=O) groups excluding carboxylic acids is 1. The van der Waals surface area contributed by atoms with Crippen LogP contribution in [0.5, 0.6) is 5.75 Å². The molecule has 1 aliphatic carbocycles. The molecule has 0 aromatic heterocycles. The van der Waals surface area contributed by atoms with E-state index in [9.17, 15) is 4.79 Å². The maximum Gasteiger partial charge on any atom is 0.244 e. The normalized spacial score (nSPS) is 22.9. The molecule has 0 spiro atoms. The van der Waals surface area contributed by atoms with Crippen LogP contribution in [0.25, 0.3) is 0 Å². The topological polar surface area (TPSA) is 41.6 Å². The molecule has 0 radical (unpaired) electrons. The summed E-state index contributed by atoms with van der Waals surface area (Å²) in [6.07, 6.45) is 3.28. The van der Waals surface area contributed by atoms with Crippen molar-refractivity contribution >= 4 is 27.5 Å². The summed E-state index contributed by atoms with van der Waals surface area (Å²) in [6.45, 7) is 0.759. The Balaban J connectivity index is 1.80. The van der Waals surface area contributed by atoms with Crippen molar-refractivity contribution in [2.75, 3.05) is 18.6 Å². The number of rotatable bonds is 4. The number of nitrogens with zero attached hydrogens (tertiary/aromatic N) is 1. The lowest BCUT2D eigenvalue weighted by Gasteiger charge is -2.19. The maximum atomic E-state index is 12.4. The smallest absolute Gasteiger partial charge is 0.244 e. The van der Waals surface area contributed by atoms with Gasteiger partial charge < -0.3 is 15.0 Å². The molecule has 0 bridgehead atoms. The van der Waals surface area contributed by atoms with Crippen LogP contribution >= 0.6 is 15.9 Å². The quantitative estimate of drug-likeness (QED) is 0.924. The minimum Gasteiger partial charge on any atom is -0.497 e. The summed E-state index contributed by atoms with van der Waals surface area (Å²) in [4.78, 5) is 14.3. The molecule has 1 saturated heterocycles. The molecule has 102 valence electrons. The van der Waals surface area contributed by atoms with Crippen molar-refractivity contribution in [2.24, 2.45) is 0 Å². The van der Waals surface area contributed by atoms with Gasteiger partial charge in [0.15, 0.2) is 0 Å². The lowest BCUT2D eigenvalue weighted by molar-refractivity contribution is -0.118. The van der Waals surface area contributed by atoms with Crippen LogP contribution in [0.15, 0.2) is 22.7 Å². The monoisotopic (exact) mass is 324 g/mol. The van der Waals surface area contributed by atoms with E-state index in [1.165, 1.54) is 12.8 Å². The predicted octanol–water partition coefficient (Wildman–Crippen LogP) is 2.32. The number of nitrogens with one attached hydrogen (secondary N) is 1. The molecular formula is C14H17BrN2O2. The summed E-state index contributed by atoms with van der Waals surface area (Å²) in [5.41, 5.74) is 0.893. The van der Waals surface area contributed by atoms with Crippen molar-refractivity contribution in [3.8, 4) is 5.75 Å². The van der Waals surface area contributed by atoms with Crippen LogP contribution in [0.3, 0.4) is 0 Å². The van der Waals surface area contributed by atoms with E-state index in [2.05, 4.69) is 21.2 Å². The van der Waals surface area contributed by atoms with Crippen molar-refractivity contribution in [2.45, 2.75) is 31.3 Å². The first-order chi connectivity index (χ1) is 9.19. The molecule has 2 aliphatic rings. The minimum absolute atomic E-state index is 0.0226. The summed E-state index contributed by atoms with van der Waals surface area (Å²) >= 11 is 3.51. The highest BCUT2D eigenvalue weighted by Gasteiger charge is 2.36. The number of hydrogen-bond donors (Lipinski definition) is 1. The van der Waals surface area contributed by atoms with E-state index >= 15 is 0 Å². The Kier molecular flexibility index (Phi) is 3.50. The summed E-state index contributed by atoms with van der Waals surface area (Å²) in [6, 6.07) is 6.24. The largest absolute Gasteiger partial charge is 0.497 e. The van der Waals surface area contributed by atoms with E-state index in [0.717, 1.165) is 28.9 Å². The first-order valence-electron chi connectivity index (χ1n) is 6.60. The average Bonchev–Trinajstić information content (AvgIpc) is 3.16. The van der Waals surface area contributed by atoms with Gasteiger partial charge in [-0.1, -0.05) is 0 Å². The van der Waals surface area contributed by atoms with Gasteiger partial charge in [0, 0.05) is 23.1 Å². The van der Waals surface area contributed by atoms with Gasteiger partial charge >= 0.3 is 0 Å². The van der Waals surface area contributed by atoms with Gasteiger partial charge in [-0.05, 0) is 47.3 Å². The van der Waals surface area contributed by atoms with Crippen LogP contribution in [0, 0.1) is 0 Å². The second-order valence-electron chi connectivity index (χ2n) is 5.09. The van der Waals surface area contributed by atoms with Gasteiger partial charge in [0.25, 0.3) is 0 Å². The Morgan fingerprint density at radius 1 is 1.37 bits per heavy atom. The van der Waals surface area contributed by atoms with Gasteiger partial charge in [-0.3, -0.25) is 4.79 Å². The number of amides is 1. The Morgan fingerprint density at radius 3 is 2.84 bits per heavy atom. The van der Waals surface area contributed by atoms with Crippen molar-refractivity contribution < 1.29 is 9.53 Å². The molecule has 1 N–H and O–H groups in total. The SMILES string of the molecule is COc1ccc(Br)c(N2CCC(NC3CC3)C2=O)c1. The number of benzene rings is 1. The third kappa shape index (κ3) is 2.62. The van der Waals surface area contributed by atoms with E-state index in [-0.39, 0.29) is 11.9 Å². The van der Waals surface area contributed by atoms with E-state index in [4.69, 9.17) is 4.74 Å². The first kappa shape index (κ1) is 12.9. The van der Waals surface area contributed by atoms with E-state index < -0.39 is 0 Å². The molecule has 1 aromatic rings. The summed E-state index contributed by atoms with van der Waals surface area (Å²) in [5.74, 6) is 0.936. The molecule has 1 amide bonds. The van der Waals surface area contributed by atoms with Crippen LogP contribution in [-0.4, -0.2) is 31.6 Å². The molecule has 1 saturated carbocycles. The molecule has 4 nitrogen and oxygen atoms in total. The first-order valence-corrected chi connectivity index (χ1v) is 7.39. The standard InChI is InChI=1S/C14H17BrN2O2/c1-19-10-4-5-11(15)13(8-10)17-7-6-12(14(17)18)16-9-2-3-9/h4-5,8-9,12,16H,2-3,6-7H2,1H3. The van der Waals surface area contributed by atoms with Crippen LogP contribution in [-0.2, 0) is 4.79 Å². The zero-order valence-electron chi connectivity index (χ0n) is 10.9. The highest BCUT2D eigenvalue weighted by Crippen LogP contribution is 2.33. The van der Waals surface area contributed by atoms with E-state index in [1.54, 1.807) is 7.11 Å². The molecule has 1 aromatic carbocycles. The van der Waals surface area contributed by atoms with Gasteiger partial charge in [0.2, 0.25) is 5.91 Å². The lowest BCUT2D eigenvalue weighted by atomic mass is 10.2. The zero-order valence-corrected chi connectivity index (χ0v) is 12.4. The summed E-state index contributed by atoms with van der Waals surface area (Å²) < 4.78 is 6.16. The van der Waals surface area contributed by atoms with Crippen LogP contribution in [0.2, 0.25) is 0 Å². The Bertz CT molecular complexity index is 502. The lowest BCUT2D eigenvalue weighted by Crippen LogP contribution is -2.39. The molecule has 1 unspecified atom stereocenters. The number of carbonyl (C=O) groups is 1. The fourth-order valence-electron chi connectivity index (χ4n) is 2.43. The molecule has 2 fully saturated rings. The molecule has 19 heavy (non-hydrogen) atoms. The molecule has 1 aliphatic heterocycles. The molecule has 5 heteroatoms. The van der Waals surface area contributed by atoms with Gasteiger partial charge in [0.1, 0.15) is 5.75 Å². The Hall–Kier alpha value is -1.07. The molecular weight excluding hydrogens is 308 g/mol. The molecule has 1 atom stereocenters. The van der Waals surface area contributed by atoms with E-state index in [0.29, 0.717) is 6.04 Å². The highest BCUT2D eigenvalue weighted by molar-refractivity contribution is 9.10. The number of hydrogen-bond acceptors (Lipinski definition) is 3. The summed E-state index contributed by atoms with van der Waals surface area (Å²) in [7, 11) is 1.64. The number of anilines is 1. The predicted molar refractivity (Wildman–Crippen MR) is 77.6 cm³/mol. The number of methoxy groups -OCH3 is 1. The fraction of sp³-hybridized carbons (Fsp3) is 0.500. The molecule has 3 rings (SSSR count). The van der Waals surface area contributed by atoms with Gasteiger partial charge in [-0.2, -0.15) is 0 Å². The van der Waals surface area contributed by atoms with Crippen molar-refractivity contribution in [3.05, 3.63) is 22.7 Å². The average molecular weight is 325 g/mol. The van der Waals surface area contributed by atoms with Crippen molar-refractivity contribution in [1.29, 1.82) is 0 Å². The minimum atomic E-state index is -0.0226. The van der Waals surface area contributed by atoms with Crippen LogP contribution in [0.4, 0.5) is 5.69 Å². The third-order valence-electron chi connectivity index (χ3n) is 3.66. The van der Waals surface area contributed by atoms with Gasteiger partial charge in [-0.25, -0.2) is 0 Å². The summed E-state index contributed by atoms with van der Waals surface area (Å²) in [5, 5.41) is 3.41. The Labute approximate surface area is 121 Å². The van der Waals surface area contributed by atoms with E-state index in [1.807, 2.05) is 23.1 Å². The van der Waals surface area contributed by atoms with Gasteiger partial charge in [0.05, 0.1) is 18.8 Å². The third-order valence-corrected chi connectivity index (χ3v) is 4.33. The highest BCUT2D eigenvalue weighted by atomic mass is 79.9. The second-order valence-corrected chi connectivity index (χ2v) is 5.94.